The Kier molecular flexibility index (Phi) is 3.16. The van der Waals surface area contributed by atoms with E-state index in [2.05, 4.69) is 0 Å². The summed E-state index contributed by atoms with van der Waals surface area (Å²) in [7, 11) is -2.81. The fourth-order valence-corrected chi connectivity index (χ4v) is 2.85. The Morgan fingerprint density at radius 2 is 1.88 bits per heavy atom. The molecule has 0 unspecified atom stereocenters. The molecule has 0 aliphatic carbocycles. The Morgan fingerprint density at radius 1 is 1.25 bits per heavy atom. The maximum atomic E-state index is 10.9. The summed E-state index contributed by atoms with van der Waals surface area (Å²) >= 11 is 0. The highest BCUT2D eigenvalue weighted by Gasteiger charge is 2.35. The van der Waals surface area contributed by atoms with Crippen LogP contribution >= 0.6 is 0 Å². The third-order valence-electron chi connectivity index (χ3n) is 2.54. The molecule has 0 radical (unpaired) electrons. The van der Waals surface area contributed by atoms with Crippen LogP contribution in [0, 0.1) is 0 Å². The maximum Gasteiger partial charge on any atom is 0.157 e. The molecule has 0 amide bonds. The van der Waals surface area contributed by atoms with Crippen molar-refractivity contribution in [2.24, 2.45) is 5.73 Å². The molecule has 1 aliphatic rings. The molecule has 1 saturated heterocycles. The Balaban J connectivity index is 1.91. The van der Waals surface area contributed by atoms with E-state index in [9.17, 15) is 8.42 Å². The number of nitrogens with two attached hydrogens (primary N) is 1. The zero-order chi connectivity index (χ0) is 11.6. The van der Waals surface area contributed by atoms with Gasteiger partial charge in [0.2, 0.25) is 0 Å². The minimum atomic E-state index is -2.81. The predicted molar refractivity (Wildman–Crippen MR) is 62.3 cm³/mol. The highest BCUT2D eigenvalue weighted by Crippen LogP contribution is 2.20. The quantitative estimate of drug-likeness (QED) is 0.826. The van der Waals surface area contributed by atoms with E-state index in [1.54, 1.807) is 0 Å². The molecule has 0 atom stereocenters. The van der Waals surface area contributed by atoms with Gasteiger partial charge in [-0.05, 0) is 30.7 Å². The van der Waals surface area contributed by atoms with Crippen LogP contribution in [0.3, 0.4) is 0 Å². The second kappa shape index (κ2) is 4.43. The molecule has 2 rings (SSSR count). The van der Waals surface area contributed by atoms with Gasteiger partial charge in [-0.15, -0.1) is 0 Å². The van der Waals surface area contributed by atoms with Crippen molar-refractivity contribution in [3.05, 3.63) is 29.8 Å². The first-order valence-electron chi connectivity index (χ1n) is 5.25. The molecule has 0 spiro atoms. The Morgan fingerprint density at radius 3 is 2.38 bits per heavy atom. The van der Waals surface area contributed by atoms with Crippen LogP contribution < -0.4 is 10.5 Å². The minimum absolute atomic E-state index is 0.136. The summed E-state index contributed by atoms with van der Waals surface area (Å²) < 4.78 is 27.4. The number of hydrogen-bond acceptors (Lipinski definition) is 4. The number of ether oxygens (including phenoxy) is 1. The predicted octanol–water partition coefficient (Wildman–Crippen LogP) is 0.364. The van der Waals surface area contributed by atoms with Crippen LogP contribution in [0.25, 0.3) is 0 Å². The first kappa shape index (κ1) is 11.4. The monoisotopic (exact) mass is 241 g/mol. The highest BCUT2D eigenvalue weighted by atomic mass is 32.2. The molecule has 4 nitrogen and oxygen atoms in total. The molecule has 5 heteroatoms. The summed E-state index contributed by atoms with van der Waals surface area (Å²) in [6.07, 6.45) is 0.670. The van der Waals surface area contributed by atoms with Gasteiger partial charge in [0.25, 0.3) is 0 Å². The average Bonchev–Trinajstić information content (AvgIpc) is 2.18. The van der Waals surface area contributed by atoms with E-state index in [1.165, 1.54) is 0 Å². The summed E-state index contributed by atoms with van der Waals surface area (Å²) in [5, 5.41) is 0. The van der Waals surface area contributed by atoms with Gasteiger partial charge in [-0.3, -0.25) is 0 Å². The number of rotatable bonds is 4. The SMILES string of the molecule is NCCc1ccc(OC2CS(=O)(=O)C2)cc1. The van der Waals surface area contributed by atoms with Crippen molar-refractivity contribution in [1.29, 1.82) is 0 Å². The van der Waals surface area contributed by atoms with Crippen molar-refractivity contribution in [2.45, 2.75) is 12.5 Å². The summed E-state index contributed by atoms with van der Waals surface area (Å²) in [4.78, 5) is 0. The third kappa shape index (κ3) is 2.74. The Hall–Kier alpha value is -1.07. The van der Waals surface area contributed by atoms with Gasteiger partial charge in [-0.25, -0.2) is 8.42 Å². The summed E-state index contributed by atoms with van der Waals surface area (Å²) in [6, 6.07) is 7.62. The van der Waals surface area contributed by atoms with E-state index < -0.39 is 9.84 Å². The van der Waals surface area contributed by atoms with E-state index in [4.69, 9.17) is 10.5 Å². The lowest BCUT2D eigenvalue weighted by atomic mass is 10.1. The van der Waals surface area contributed by atoms with Crippen LogP contribution in [0.4, 0.5) is 0 Å². The topological polar surface area (TPSA) is 69.4 Å². The van der Waals surface area contributed by atoms with Crippen molar-refractivity contribution in [3.63, 3.8) is 0 Å². The van der Waals surface area contributed by atoms with Gasteiger partial charge in [0.15, 0.2) is 9.84 Å². The number of benzene rings is 1. The van der Waals surface area contributed by atoms with Crippen LogP contribution in [-0.4, -0.2) is 32.6 Å². The Labute approximate surface area is 95.3 Å². The molecule has 0 saturated carbocycles. The van der Waals surface area contributed by atoms with E-state index in [-0.39, 0.29) is 17.6 Å². The normalized spacial score (nSPS) is 19.1. The van der Waals surface area contributed by atoms with Gasteiger partial charge >= 0.3 is 0 Å². The molecular formula is C11H15NO3S. The molecule has 88 valence electrons. The second-order valence-corrected chi connectivity index (χ2v) is 6.15. The van der Waals surface area contributed by atoms with E-state index in [1.807, 2.05) is 24.3 Å². The van der Waals surface area contributed by atoms with Crippen molar-refractivity contribution in [1.82, 2.24) is 0 Å². The van der Waals surface area contributed by atoms with Crippen molar-refractivity contribution >= 4 is 9.84 Å². The van der Waals surface area contributed by atoms with E-state index >= 15 is 0 Å². The lowest BCUT2D eigenvalue weighted by molar-refractivity contribution is 0.230. The van der Waals surface area contributed by atoms with Crippen molar-refractivity contribution in [3.8, 4) is 5.75 Å². The molecule has 2 N–H and O–H groups in total. The highest BCUT2D eigenvalue weighted by molar-refractivity contribution is 7.92. The zero-order valence-electron chi connectivity index (χ0n) is 8.93. The van der Waals surface area contributed by atoms with E-state index in [0.29, 0.717) is 6.54 Å². The summed E-state index contributed by atoms with van der Waals surface area (Å²) in [6.45, 7) is 0.626. The molecular weight excluding hydrogens is 226 g/mol. The standard InChI is InChI=1S/C11H15NO3S/c12-6-5-9-1-3-10(4-2-9)15-11-7-16(13,14)8-11/h1-4,11H,5-8,12H2. The minimum Gasteiger partial charge on any atom is -0.488 e. The summed E-state index contributed by atoms with van der Waals surface area (Å²) in [5.74, 6) is 0.996. The fourth-order valence-electron chi connectivity index (χ4n) is 1.68. The zero-order valence-corrected chi connectivity index (χ0v) is 9.74. The molecule has 1 aromatic carbocycles. The molecule has 16 heavy (non-hydrogen) atoms. The molecule has 1 aromatic rings. The lowest BCUT2D eigenvalue weighted by Gasteiger charge is -2.26. The molecule has 1 aliphatic heterocycles. The first-order valence-corrected chi connectivity index (χ1v) is 7.07. The van der Waals surface area contributed by atoms with Gasteiger partial charge in [-0.1, -0.05) is 12.1 Å². The number of sulfone groups is 1. The second-order valence-electron chi connectivity index (χ2n) is 4.00. The van der Waals surface area contributed by atoms with Crippen molar-refractivity contribution in [2.75, 3.05) is 18.1 Å². The van der Waals surface area contributed by atoms with Gasteiger partial charge in [-0.2, -0.15) is 0 Å². The third-order valence-corrected chi connectivity index (χ3v) is 4.30. The molecule has 1 heterocycles. The van der Waals surface area contributed by atoms with Crippen LogP contribution in [0.5, 0.6) is 5.75 Å². The van der Waals surface area contributed by atoms with Crippen LogP contribution in [0.1, 0.15) is 5.56 Å². The van der Waals surface area contributed by atoms with Crippen LogP contribution in [-0.2, 0) is 16.3 Å². The van der Waals surface area contributed by atoms with Gasteiger partial charge in [0.05, 0.1) is 11.5 Å². The van der Waals surface area contributed by atoms with Gasteiger partial charge < -0.3 is 10.5 Å². The van der Waals surface area contributed by atoms with Crippen LogP contribution in [0.15, 0.2) is 24.3 Å². The smallest absolute Gasteiger partial charge is 0.157 e. The number of hydrogen-bond donors (Lipinski definition) is 1. The largest absolute Gasteiger partial charge is 0.488 e. The van der Waals surface area contributed by atoms with Crippen molar-refractivity contribution < 1.29 is 13.2 Å². The lowest BCUT2D eigenvalue weighted by Crippen LogP contribution is -2.45. The molecule has 0 aromatic heterocycles. The first-order chi connectivity index (χ1) is 7.59. The average molecular weight is 241 g/mol. The van der Waals surface area contributed by atoms with Gasteiger partial charge in [0.1, 0.15) is 11.9 Å². The Bertz CT molecular complexity index is 441. The molecule has 1 fully saturated rings. The van der Waals surface area contributed by atoms with Gasteiger partial charge in [0, 0.05) is 0 Å². The summed E-state index contributed by atoms with van der Waals surface area (Å²) in [5.41, 5.74) is 6.60. The maximum absolute atomic E-state index is 10.9. The van der Waals surface area contributed by atoms with Crippen LogP contribution in [0.2, 0.25) is 0 Å². The van der Waals surface area contributed by atoms with E-state index in [0.717, 1.165) is 17.7 Å². The fraction of sp³-hybridized carbons (Fsp3) is 0.455. The molecule has 0 bridgehead atoms.